The molecular weight excluding hydrogens is 603 g/mol. The van der Waals surface area contributed by atoms with Crippen molar-refractivity contribution in [2.75, 3.05) is 17.4 Å². The van der Waals surface area contributed by atoms with Crippen molar-refractivity contribution < 1.29 is 31.2 Å². The van der Waals surface area contributed by atoms with Crippen LogP contribution in [-0.4, -0.2) is 50.3 Å². The lowest BCUT2D eigenvalue weighted by molar-refractivity contribution is -0.139. The first-order chi connectivity index (χ1) is 20.1. The van der Waals surface area contributed by atoms with E-state index < -0.39 is 56.9 Å². The van der Waals surface area contributed by atoms with Crippen LogP contribution in [0.4, 0.5) is 18.9 Å². The summed E-state index contributed by atoms with van der Waals surface area (Å²) in [6.07, 6.45) is -3.87. The maximum atomic E-state index is 13.9. The Hall–Kier alpha value is -3.57. The minimum absolute atomic E-state index is 0.0603. The van der Waals surface area contributed by atoms with Crippen molar-refractivity contribution in [2.24, 2.45) is 0 Å². The van der Waals surface area contributed by atoms with Crippen molar-refractivity contribution in [2.45, 2.75) is 63.7 Å². The summed E-state index contributed by atoms with van der Waals surface area (Å²) in [5, 5.41) is 2.22. The van der Waals surface area contributed by atoms with Crippen LogP contribution in [0, 0.1) is 6.92 Å². The highest BCUT2D eigenvalue weighted by atomic mass is 35.5. The molecule has 12 heteroatoms. The van der Waals surface area contributed by atoms with Gasteiger partial charge in [0.05, 0.1) is 21.2 Å². The Morgan fingerprint density at radius 2 is 1.60 bits per heavy atom. The van der Waals surface area contributed by atoms with Gasteiger partial charge < -0.3 is 10.2 Å². The van der Waals surface area contributed by atoms with E-state index in [2.05, 4.69) is 5.32 Å². The van der Waals surface area contributed by atoms with Gasteiger partial charge in [0.1, 0.15) is 12.6 Å². The lowest BCUT2D eigenvalue weighted by atomic mass is 10.1. The fraction of sp³-hybridized carbons (Fsp3) is 0.355. The molecule has 0 aliphatic heterocycles. The van der Waals surface area contributed by atoms with E-state index in [1.807, 2.05) is 44.2 Å². The quantitative estimate of drug-likeness (QED) is 0.255. The molecule has 2 atom stereocenters. The Labute approximate surface area is 255 Å². The maximum Gasteiger partial charge on any atom is 0.417 e. The molecule has 0 heterocycles. The van der Waals surface area contributed by atoms with Gasteiger partial charge in [-0.15, -0.1) is 0 Å². The number of alkyl halides is 3. The molecule has 0 saturated heterocycles. The third-order valence-electron chi connectivity index (χ3n) is 7.08. The number of halogens is 4. The molecule has 0 aliphatic rings. The predicted molar refractivity (Wildman–Crippen MR) is 161 cm³/mol. The molecule has 232 valence electrons. The van der Waals surface area contributed by atoms with E-state index in [-0.39, 0.29) is 17.5 Å². The second kappa shape index (κ2) is 14.3. The number of sulfonamides is 1. The molecule has 0 unspecified atom stereocenters. The first-order valence-electron chi connectivity index (χ1n) is 13.7. The SMILES string of the molecule is CC[C@@H](C)NC(=O)[C@H](C)N(CCc1ccccc1)C(=O)CN(c1ccc(Cl)c(C(F)(F)F)c1)S(=O)(=O)c1ccc(C)cc1. The molecule has 0 bridgehead atoms. The average Bonchev–Trinajstić information content (AvgIpc) is 2.96. The number of anilines is 1. The van der Waals surface area contributed by atoms with Gasteiger partial charge in [0.15, 0.2) is 0 Å². The van der Waals surface area contributed by atoms with Gasteiger partial charge >= 0.3 is 6.18 Å². The van der Waals surface area contributed by atoms with Crippen molar-refractivity contribution in [3.05, 3.63) is 94.5 Å². The van der Waals surface area contributed by atoms with Crippen molar-refractivity contribution >= 4 is 39.1 Å². The van der Waals surface area contributed by atoms with Gasteiger partial charge in [-0.3, -0.25) is 13.9 Å². The number of nitrogens with one attached hydrogen (secondary N) is 1. The normalized spacial score (nSPS) is 13.2. The van der Waals surface area contributed by atoms with Gasteiger partial charge in [0, 0.05) is 12.6 Å². The number of rotatable bonds is 12. The molecule has 1 N–H and O–H groups in total. The smallest absolute Gasteiger partial charge is 0.352 e. The number of carbonyl (C=O) groups excluding carboxylic acids is 2. The van der Waals surface area contributed by atoms with Crippen LogP contribution in [0.15, 0.2) is 77.7 Å². The average molecular weight is 638 g/mol. The van der Waals surface area contributed by atoms with Gasteiger partial charge in [-0.1, -0.05) is 66.6 Å². The minimum Gasteiger partial charge on any atom is -0.352 e. The Morgan fingerprint density at radius 3 is 2.19 bits per heavy atom. The fourth-order valence-electron chi connectivity index (χ4n) is 4.29. The van der Waals surface area contributed by atoms with E-state index in [0.717, 1.165) is 23.3 Å². The highest BCUT2D eigenvalue weighted by Gasteiger charge is 2.37. The first kappa shape index (κ1) is 33.9. The number of hydrogen-bond acceptors (Lipinski definition) is 4. The van der Waals surface area contributed by atoms with E-state index in [0.29, 0.717) is 23.2 Å². The fourth-order valence-corrected chi connectivity index (χ4v) is 5.92. The number of benzene rings is 3. The zero-order valence-electron chi connectivity index (χ0n) is 24.4. The number of hydrogen-bond donors (Lipinski definition) is 1. The highest BCUT2D eigenvalue weighted by Crippen LogP contribution is 2.38. The zero-order chi connectivity index (χ0) is 31.9. The Balaban J connectivity index is 2.07. The largest absolute Gasteiger partial charge is 0.417 e. The van der Waals surface area contributed by atoms with Crippen molar-refractivity contribution in [3.63, 3.8) is 0 Å². The Morgan fingerprint density at radius 1 is 0.977 bits per heavy atom. The number of amides is 2. The lowest BCUT2D eigenvalue weighted by Gasteiger charge is -2.32. The summed E-state index contributed by atoms with van der Waals surface area (Å²) in [7, 11) is -4.54. The minimum atomic E-state index is -4.87. The second-order valence-corrected chi connectivity index (χ2v) is 12.6. The summed E-state index contributed by atoms with van der Waals surface area (Å²) in [6.45, 7) is 6.19. The molecule has 43 heavy (non-hydrogen) atoms. The molecule has 0 aromatic heterocycles. The van der Waals surface area contributed by atoms with Crippen LogP contribution in [0.25, 0.3) is 0 Å². The van der Waals surface area contributed by atoms with E-state index in [4.69, 9.17) is 11.6 Å². The molecular formula is C31H35ClF3N3O4S. The van der Waals surface area contributed by atoms with Crippen LogP contribution >= 0.6 is 11.6 Å². The van der Waals surface area contributed by atoms with Crippen LogP contribution in [0.3, 0.4) is 0 Å². The van der Waals surface area contributed by atoms with Crippen LogP contribution in [0.5, 0.6) is 0 Å². The van der Waals surface area contributed by atoms with E-state index in [1.165, 1.54) is 24.0 Å². The van der Waals surface area contributed by atoms with Crippen LogP contribution in [0.2, 0.25) is 5.02 Å². The monoisotopic (exact) mass is 637 g/mol. The lowest BCUT2D eigenvalue weighted by Crippen LogP contribution is -2.53. The van der Waals surface area contributed by atoms with Crippen LogP contribution in [0.1, 0.15) is 43.9 Å². The zero-order valence-corrected chi connectivity index (χ0v) is 25.9. The third kappa shape index (κ3) is 8.73. The maximum absolute atomic E-state index is 13.9. The molecule has 0 saturated carbocycles. The Kier molecular flexibility index (Phi) is 11.3. The van der Waals surface area contributed by atoms with E-state index in [1.54, 1.807) is 19.1 Å². The van der Waals surface area contributed by atoms with Crippen molar-refractivity contribution in [1.82, 2.24) is 10.2 Å². The standard InChI is InChI=1S/C31H35ClF3N3O4S/c1-5-22(3)36-30(40)23(4)37(18-17-24-9-7-6-8-10-24)29(39)20-38(43(41,42)26-14-11-21(2)12-15-26)25-13-16-28(32)27(19-25)31(33,34)35/h6-16,19,22-23H,5,17-18,20H2,1-4H3,(H,36,40)/t22-,23+/m1/s1. The molecule has 3 aromatic carbocycles. The highest BCUT2D eigenvalue weighted by molar-refractivity contribution is 7.92. The Bertz CT molecular complexity index is 1520. The van der Waals surface area contributed by atoms with Gasteiger partial charge in [-0.05, 0) is 69.5 Å². The topological polar surface area (TPSA) is 86.8 Å². The van der Waals surface area contributed by atoms with Gasteiger partial charge in [-0.25, -0.2) is 8.42 Å². The summed E-state index contributed by atoms with van der Waals surface area (Å²) in [5.41, 5.74) is 0.00275. The van der Waals surface area contributed by atoms with Gasteiger partial charge in [0.2, 0.25) is 11.8 Å². The van der Waals surface area contributed by atoms with Gasteiger partial charge in [0.25, 0.3) is 10.0 Å². The molecule has 3 aromatic rings. The van der Waals surface area contributed by atoms with Crippen molar-refractivity contribution in [1.29, 1.82) is 0 Å². The molecule has 0 radical (unpaired) electrons. The van der Waals surface area contributed by atoms with Crippen molar-refractivity contribution in [3.8, 4) is 0 Å². The predicted octanol–water partition coefficient (Wildman–Crippen LogP) is 6.24. The van der Waals surface area contributed by atoms with E-state index >= 15 is 0 Å². The summed E-state index contributed by atoms with van der Waals surface area (Å²) >= 11 is 5.81. The molecule has 2 amide bonds. The van der Waals surface area contributed by atoms with E-state index in [9.17, 15) is 31.2 Å². The molecule has 7 nitrogen and oxygen atoms in total. The van der Waals surface area contributed by atoms with Crippen LogP contribution in [-0.2, 0) is 32.2 Å². The molecule has 3 rings (SSSR count). The second-order valence-electron chi connectivity index (χ2n) is 10.3. The first-order valence-corrected chi connectivity index (χ1v) is 15.6. The third-order valence-corrected chi connectivity index (χ3v) is 9.20. The summed E-state index contributed by atoms with van der Waals surface area (Å²) in [6, 6.07) is 16.4. The number of aryl methyl sites for hydroxylation is 1. The van der Waals surface area contributed by atoms with Crippen LogP contribution < -0.4 is 9.62 Å². The molecule has 0 fully saturated rings. The number of nitrogens with zero attached hydrogens (tertiary/aromatic N) is 2. The van der Waals surface area contributed by atoms with Gasteiger partial charge in [-0.2, -0.15) is 13.2 Å². The summed E-state index contributed by atoms with van der Waals surface area (Å²) in [5.74, 6) is -1.20. The molecule has 0 spiro atoms. The molecule has 0 aliphatic carbocycles. The summed E-state index contributed by atoms with van der Waals surface area (Å²) in [4.78, 5) is 28.1. The number of carbonyl (C=O) groups is 2. The summed E-state index contributed by atoms with van der Waals surface area (Å²) < 4.78 is 69.7.